The SMILES string of the molecule is Cc1ccc(Oc2ccc(C(F)(F)F)cc2N)c(Br)c1. The van der Waals surface area contributed by atoms with Crippen LogP contribution in [-0.2, 0) is 6.18 Å². The lowest BCUT2D eigenvalue weighted by Gasteiger charge is -2.13. The van der Waals surface area contributed by atoms with Crippen LogP contribution in [0.4, 0.5) is 18.9 Å². The first-order chi connectivity index (χ1) is 9.27. The van der Waals surface area contributed by atoms with E-state index in [-0.39, 0.29) is 11.4 Å². The Morgan fingerprint density at radius 2 is 1.70 bits per heavy atom. The molecule has 2 rings (SSSR count). The van der Waals surface area contributed by atoms with Gasteiger partial charge in [-0.3, -0.25) is 0 Å². The Bertz CT molecular complexity index is 641. The minimum Gasteiger partial charge on any atom is -0.454 e. The Kier molecular flexibility index (Phi) is 3.94. The Morgan fingerprint density at radius 1 is 1.05 bits per heavy atom. The van der Waals surface area contributed by atoms with Crippen molar-refractivity contribution in [1.82, 2.24) is 0 Å². The van der Waals surface area contributed by atoms with Gasteiger partial charge in [-0.2, -0.15) is 13.2 Å². The Balaban J connectivity index is 2.30. The summed E-state index contributed by atoms with van der Waals surface area (Å²) in [6, 6.07) is 8.40. The molecule has 0 saturated heterocycles. The molecule has 0 fully saturated rings. The number of nitrogen functional groups attached to an aromatic ring is 1. The summed E-state index contributed by atoms with van der Waals surface area (Å²) in [6.45, 7) is 1.92. The average Bonchev–Trinajstić information content (AvgIpc) is 2.33. The highest BCUT2D eigenvalue weighted by atomic mass is 79.9. The number of nitrogens with two attached hydrogens (primary N) is 1. The molecule has 0 atom stereocenters. The number of benzene rings is 2. The summed E-state index contributed by atoms with van der Waals surface area (Å²) in [5.74, 6) is 0.671. The predicted molar refractivity (Wildman–Crippen MR) is 74.8 cm³/mol. The minimum atomic E-state index is -4.42. The Hall–Kier alpha value is -1.69. The molecule has 0 aliphatic heterocycles. The first-order valence-electron chi connectivity index (χ1n) is 5.68. The van der Waals surface area contributed by atoms with Gasteiger partial charge in [0.1, 0.15) is 11.5 Å². The van der Waals surface area contributed by atoms with Crippen molar-refractivity contribution in [2.75, 3.05) is 5.73 Å². The standard InChI is InChI=1S/C14H11BrF3NO/c1-8-2-4-12(10(15)6-8)20-13-5-3-9(7-11(13)19)14(16,17)18/h2-7H,19H2,1H3. The second-order valence-corrected chi connectivity index (χ2v) is 5.14. The number of halogens is 4. The molecule has 0 radical (unpaired) electrons. The van der Waals surface area contributed by atoms with Crippen LogP contribution < -0.4 is 10.5 Å². The molecule has 0 aliphatic carbocycles. The van der Waals surface area contributed by atoms with Crippen molar-refractivity contribution in [2.24, 2.45) is 0 Å². The van der Waals surface area contributed by atoms with Gasteiger partial charge >= 0.3 is 6.18 Å². The van der Waals surface area contributed by atoms with Crippen LogP contribution in [0.25, 0.3) is 0 Å². The van der Waals surface area contributed by atoms with Crippen LogP contribution in [0.15, 0.2) is 40.9 Å². The van der Waals surface area contributed by atoms with Crippen LogP contribution in [0.2, 0.25) is 0 Å². The molecular weight excluding hydrogens is 335 g/mol. The van der Waals surface area contributed by atoms with Crippen LogP contribution >= 0.6 is 15.9 Å². The van der Waals surface area contributed by atoms with Crippen molar-refractivity contribution in [1.29, 1.82) is 0 Å². The number of ether oxygens (including phenoxy) is 1. The van der Waals surface area contributed by atoms with E-state index in [1.807, 2.05) is 19.1 Å². The fourth-order valence-electron chi connectivity index (χ4n) is 1.62. The van der Waals surface area contributed by atoms with E-state index in [0.717, 1.165) is 17.7 Å². The molecule has 0 aliphatic rings. The van der Waals surface area contributed by atoms with E-state index < -0.39 is 11.7 Å². The number of hydrogen-bond acceptors (Lipinski definition) is 2. The molecule has 0 heterocycles. The van der Waals surface area contributed by atoms with E-state index in [1.165, 1.54) is 6.07 Å². The molecule has 0 unspecified atom stereocenters. The van der Waals surface area contributed by atoms with E-state index in [0.29, 0.717) is 10.2 Å². The van der Waals surface area contributed by atoms with Gasteiger partial charge in [0.2, 0.25) is 0 Å². The summed E-state index contributed by atoms with van der Waals surface area (Å²) >= 11 is 3.33. The zero-order chi connectivity index (χ0) is 14.9. The van der Waals surface area contributed by atoms with Crippen LogP contribution in [0.3, 0.4) is 0 Å². The van der Waals surface area contributed by atoms with Crippen molar-refractivity contribution in [3.63, 3.8) is 0 Å². The zero-order valence-corrected chi connectivity index (χ0v) is 12.0. The van der Waals surface area contributed by atoms with Gasteiger partial charge < -0.3 is 10.5 Å². The first kappa shape index (κ1) is 14.7. The van der Waals surface area contributed by atoms with Gasteiger partial charge in [0, 0.05) is 0 Å². The van der Waals surface area contributed by atoms with Crippen LogP contribution in [0, 0.1) is 6.92 Å². The maximum Gasteiger partial charge on any atom is 0.416 e. The number of alkyl halides is 3. The zero-order valence-electron chi connectivity index (χ0n) is 10.5. The Morgan fingerprint density at radius 3 is 2.25 bits per heavy atom. The van der Waals surface area contributed by atoms with Gasteiger partial charge in [-0.1, -0.05) is 6.07 Å². The normalized spacial score (nSPS) is 11.4. The minimum absolute atomic E-state index is 0.0627. The Labute approximate surface area is 122 Å². The summed E-state index contributed by atoms with van der Waals surface area (Å²) < 4.78 is 43.8. The molecule has 6 heteroatoms. The number of anilines is 1. The van der Waals surface area contributed by atoms with E-state index in [2.05, 4.69) is 15.9 Å². The molecule has 0 amide bonds. The van der Waals surface area contributed by atoms with Gasteiger partial charge in [-0.05, 0) is 58.7 Å². The lowest BCUT2D eigenvalue weighted by molar-refractivity contribution is -0.137. The fourth-order valence-corrected chi connectivity index (χ4v) is 2.20. The molecule has 20 heavy (non-hydrogen) atoms. The molecule has 2 aromatic carbocycles. The van der Waals surface area contributed by atoms with Gasteiger partial charge in [0.15, 0.2) is 0 Å². The van der Waals surface area contributed by atoms with E-state index in [1.54, 1.807) is 6.07 Å². The highest BCUT2D eigenvalue weighted by Crippen LogP contribution is 2.37. The topological polar surface area (TPSA) is 35.2 Å². The van der Waals surface area contributed by atoms with Crippen LogP contribution in [0.1, 0.15) is 11.1 Å². The largest absolute Gasteiger partial charge is 0.454 e. The second kappa shape index (κ2) is 5.36. The molecule has 2 aromatic rings. The third kappa shape index (κ3) is 3.25. The average molecular weight is 346 g/mol. The quantitative estimate of drug-likeness (QED) is 0.763. The molecule has 0 aromatic heterocycles. The number of rotatable bonds is 2. The van der Waals surface area contributed by atoms with Crippen molar-refractivity contribution in [2.45, 2.75) is 13.1 Å². The monoisotopic (exact) mass is 345 g/mol. The smallest absolute Gasteiger partial charge is 0.416 e. The summed E-state index contributed by atoms with van der Waals surface area (Å²) in [5.41, 5.74) is 5.77. The van der Waals surface area contributed by atoms with Gasteiger partial charge in [0.25, 0.3) is 0 Å². The molecule has 0 spiro atoms. The predicted octanol–water partition coefficient (Wildman–Crippen LogP) is 5.15. The maximum absolute atomic E-state index is 12.5. The maximum atomic E-state index is 12.5. The van der Waals surface area contributed by atoms with Crippen LogP contribution in [-0.4, -0.2) is 0 Å². The van der Waals surface area contributed by atoms with Gasteiger partial charge in [0.05, 0.1) is 15.7 Å². The van der Waals surface area contributed by atoms with Gasteiger partial charge in [-0.25, -0.2) is 0 Å². The molecular formula is C14H11BrF3NO. The molecule has 0 saturated carbocycles. The highest BCUT2D eigenvalue weighted by Gasteiger charge is 2.31. The summed E-state index contributed by atoms with van der Waals surface area (Å²) in [5, 5.41) is 0. The van der Waals surface area contributed by atoms with E-state index >= 15 is 0 Å². The fraction of sp³-hybridized carbons (Fsp3) is 0.143. The molecule has 2 N–H and O–H groups in total. The molecule has 2 nitrogen and oxygen atoms in total. The van der Waals surface area contributed by atoms with Crippen LogP contribution in [0.5, 0.6) is 11.5 Å². The number of hydrogen-bond donors (Lipinski definition) is 1. The van der Waals surface area contributed by atoms with Crippen molar-refractivity contribution < 1.29 is 17.9 Å². The third-order valence-corrected chi connectivity index (χ3v) is 3.26. The highest BCUT2D eigenvalue weighted by molar-refractivity contribution is 9.10. The third-order valence-electron chi connectivity index (χ3n) is 2.64. The molecule has 106 valence electrons. The van der Waals surface area contributed by atoms with Crippen molar-refractivity contribution in [3.8, 4) is 11.5 Å². The second-order valence-electron chi connectivity index (χ2n) is 4.29. The number of aryl methyl sites for hydroxylation is 1. The summed E-state index contributed by atoms with van der Waals surface area (Å²) in [7, 11) is 0. The summed E-state index contributed by atoms with van der Waals surface area (Å²) in [6.07, 6.45) is -4.42. The first-order valence-corrected chi connectivity index (χ1v) is 6.47. The van der Waals surface area contributed by atoms with E-state index in [4.69, 9.17) is 10.5 Å². The van der Waals surface area contributed by atoms with Crippen molar-refractivity contribution in [3.05, 3.63) is 52.0 Å². The lowest BCUT2D eigenvalue weighted by Crippen LogP contribution is -2.06. The van der Waals surface area contributed by atoms with Crippen molar-refractivity contribution >= 4 is 21.6 Å². The van der Waals surface area contributed by atoms with Gasteiger partial charge in [-0.15, -0.1) is 0 Å². The molecule has 0 bridgehead atoms. The summed E-state index contributed by atoms with van der Waals surface area (Å²) in [4.78, 5) is 0. The lowest BCUT2D eigenvalue weighted by atomic mass is 10.2. The van der Waals surface area contributed by atoms with E-state index in [9.17, 15) is 13.2 Å².